The van der Waals surface area contributed by atoms with Crippen molar-refractivity contribution >= 4 is 17.2 Å². The van der Waals surface area contributed by atoms with Gasteiger partial charge >= 0.3 is 0 Å². The van der Waals surface area contributed by atoms with Crippen LogP contribution in [-0.2, 0) is 17.8 Å². The quantitative estimate of drug-likeness (QED) is 0.871. The summed E-state index contributed by atoms with van der Waals surface area (Å²) in [5.74, 6) is -0.130. The third kappa shape index (κ3) is 4.15. The molecule has 1 atom stereocenters. The Hall–Kier alpha value is -1.72. The number of amides is 1. The minimum absolute atomic E-state index is 0.130. The smallest absolute Gasteiger partial charge is 0.237 e. The number of aromatic nitrogens is 1. The van der Waals surface area contributed by atoms with Crippen LogP contribution in [0.1, 0.15) is 15.4 Å². The van der Waals surface area contributed by atoms with E-state index < -0.39 is 6.04 Å². The summed E-state index contributed by atoms with van der Waals surface area (Å²) in [5.41, 5.74) is 6.96. The van der Waals surface area contributed by atoms with Crippen molar-refractivity contribution in [1.29, 1.82) is 0 Å². The van der Waals surface area contributed by atoms with Crippen molar-refractivity contribution < 1.29 is 4.79 Å². The lowest BCUT2D eigenvalue weighted by atomic mass is 10.1. The third-order valence-corrected chi connectivity index (χ3v) is 3.65. The maximum absolute atomic E-state index is 11.9. The lowest BCUT2D eigenvalue weighted by Crippen LogP contribution is -2.41. The molecule has 1 heterocycles. The van der Waals surface area contributed by atoms with Gasteiger partial charge in [0.1, 0.15) is 0 Å². The van der Waals surface area contributed by atoms with Crippen molar-refractivity contribution in [2.24, 2.45) is 5.73 Å². The molecule has 0 aliphatic heterocycles. The van der Waals surface area contributed by atoms with Crippen LogP contribution in [0.25, 0.3) is 0 Å². The molecule has 0 radical (unpaired) electrons. The average molecular weight is 275 g/mol. The van der Waals surface area contributed by atoms with E-state index in [0.717, 1.165) is 15.4 Å². The Morgan fingerprint density at radius 2 is 2.16 bits per heavy atom. The molecule has 3 N–H and O–H groups in total. The number of rotatable bonds is 5. The molecule has 5 heteroatoms. The zero-order chi connectivity index (χ0) is 13.7. The lowest BCUT2D eigenvalue weighted by molar-refractivity contribution is -0.122. The molecule has 1 aromatic heterocycles. The molecule has 1 amide bonds. The highest BCUT2D eigenvalue weighted by molar-refractivity contribution is 7.11. The zero-order valence-electron chi connectivity index (χ0n) is 10.8. The van der Waals surface area contributed by atoms with Crippen molar-refractivity contribution in [2.75, 3.05) is 0 Å². The number of benzene rings is 1. The molecule has 19 heavy (non-hydrogen) atoms. The molecule has 1 aromatic carbocycles. The van der Waals surface area contributed by atoms with Crippen molar-refractivity contribution in [1.82, 2.24) is 10.3 Å². The number of nitrogens with two attached hydrogens (primary N) is 1. The molecule has 0 saturated carbocycles. The van der Waals surface area contributed by atoms with E-state index in [-0.39, 0.29) is 5.91 Å². The van der Waals surface area contributed by atoms with Crippen molar-refractivity contribution in [3.05, 3.63) is 52.0 Å². The Bertz CT molecular complexity index is 539. The van der Waals surface area contributed by atoms with Crippen molar-refractivity contribution in [3.8, 4) is 0 Å². The fraction of sp³-hybridized carbons (Fsp3) is 0.286. The van der Waals surface area contributed by atoms with Crippen molar-refractivity contribution in [3.63, 3.8) is 0 Å². The third-order valence-electron chi connectivity index (χ3n) is 2.74. The topological polar surface area (TPSA) is 68.0 Å². The van der Waals surface area contributed by atoms with Gasteiger partial charge in [0.25, 0.3) is 0 Å². The minimum Gasteiger partial charge on any atom is -0.350 e. The Kier molecular flexibility index (Phi) is 4.65. The first-order valence-corrected chi connectivity index (χ1v) is 6.95. The van der Waals surface area contributed by atoms with E-state index in [9.17, 15) is 4.79 Å². The van der Waals surface area contributed by atoms with Gasteiger partial charge in [0.15, 0.2) is 0 Å². The van der Waals surface area contributed by atoms with E-state index in [0.29, 0.717) is 13.0 Å². The van der Waals surface area contributed by atoms with E-state index >= 15 is 0 Å². The van der Waals surface area contributed by atoms with Gasteiger partial charge < -0.3 is 11.1 Å². The largest absolute Gasteiger partial charge is 0.350 e. The fourth-order valence-corrected chi connectivity index (χ4v) is 2.49. The van der Waals surface area contributed by atoms with Gasteiger partial charge in [-0.05, 0) is 18.9 Å². The summed E-state index contributed by atoms with van der Waals surface area (Å²) in [6.07, 6.45) is 2.33. The van der Waals surface area contributed by atoms with Crippen LogP contribution in [0.5, 0.6) is 0 Å². The standard InChI is InChI=1S/C14H17N3OS/c1-10-16-8-12(19-10)9-17-14(18)13(15)7-11-5-3-2-4-6-11/h2-6,8,13H,7,9,15H2,1H3,(H,17,18). The van der Waals surface area contributed by atoms with Gasteiger partial charge in [0, 0.05) is 11.1 Å². The van der Waals surface area contributed by atoms with Gasteiger partial charge in [-0.25, -0.2) is 4.98 Å². The van der Waals surface area contributed by atoms with Gasteiger partial charge in [-0.2, -0.15) is 0 Å². The van der Waals surface area contributed by atoms with Crippen LogP contribution in [0.15, 0.2) is 36.5 Å². The Morgan fingerprint density at radius 3 is 2.79 bits per heavy atom. The number of carbonyl (C=O) groups excluding carboxylic acids is 1. The summed E-state index contributed by atoms with van der Waals surface area (Å²) >= 11 is 1.58. The Morgan fingerprint density at radius 1 is 1.42 bits per heavy atom. The molecule has 1 unspecified atom stereocenters. The zero-order valence-corrected chi connectivity index (χ0v) is 11.6. The molecule has 100 valence electrons. The fourth-order valence-electron chi connectivity index (χ4n) is 1.75. The van der Waals surface area contributed by atoms with E-state index in [1.165, 1.54) is 0 Å². The molecule has 0 aliphatic rings. The molecule has 0 spiro atoms. The monoisotopic (exact) mass is 275 g/mol. The first-order valence-electron chi connectivity index (χ1n) is 6.13. The lowest BCUT2D eigenvalue weighted by Gasteiger charge is -2.11. The summed E-state index contributed by atoms with van der Waals surface area (Å²) in [6.45, 7) is 2.43. The number of aryl methyl sites for hydroxylation is 1. The van der Waals surface area contributed by atoms with Crippen LogP contribution in [0.3, 0.4) is 0 Å². The van der Waals surface area contributed by atoms with Crippen LogP contribution in [0.4, 0.5) is 0 Å². The van der Waals surface area contributed by atoms with Gasteiger partial charge in [-0.3, -0.25) is 4.79 Å². The number of hydrogen-bond acceptors (Lipinski definition) is 4. The van der Waals surface area contributed by atoms with E-state index in [1.807, 2.05) is 37.3 Å². The van der Waals surface area contributed by atoms with Crippen LogP contribution in [0.2, 0.25) is 0 Å². The second kappa shape index (κ2) is 6.45. The number of nitrogens with one attached hydrogen (secondary N) is 1. The maximum Gasteiger partial charge on any atom is 0.237 e. The normalized spacial score (nSPS) is 12.1. The average Bonchev–Trinajstić information content (AvgIpc) is 2.83. The predicted molar refractivity (Wildman–Crippen MR) is 76.8 cm³/mol. The van der Waals surface area contributed by atoms with Gasteiger partial charge in [-0.15, -0.1) is 11.3 Å². The van der Waals surface area contributed by atoms with Gasteiger partial charge in [0.2, 0.25) is 5.91 Å². The predicted octanol–water partition coefficient (Wildman–Crippen LogP) is 1.64. The number of thiazole rings is 1. The summed E-state index contributed by atoms with van der Waals surface area (Å²) < 4.78 is 0. The highest BCUT2D eigenvalue weighted by Gasteiger charge is 2.13. The SMILES string of the molecule is Cc1ncc(CNC(=O)C(N)Cc2ccccc2)s1. The molecule has 2 aromatic rings. The van der Waals surface area contributed by atoms with Crippen LogP contribution in [0, 0.1) is 6.92 Å². The van der Waals surface area contributed by atoms with E-state index in [4.69, 9.17) is 5.73 Å². The molecule has 0 fully saturated rings. The van der Waals surface area contributed by atoms with E-state index in [1.54, 1.807) is 17.5 Å². The second-order valence-corrected chi connectivity index (χ2v) is 5.68. The molecule has 0 saturated heterocycles. The van der Waals surface area contributed by atoms with Gasteiger partial charge in [0.05, 0.1) is 17.6 Å². The minimum atomic E-state index is -0.517. The van der Waals surface area contributed by atoms with Gasteiger partial charge in [-0.1, -0.05) is 30.3 Å². The highest BCUT2D eigenvalue weighted by Crippen LogP contribution is 2.10. The Labute approximate surface area is 116 Å². The molecular weight excluding hydrogens is 258 g/mol. The molecular formula is C14H17N3OS. The van der Waals surface area contributed by atoms with Crippen LogP contribution >= 0.6 is 11.3 Å². The maximum atomic E-state index is 11.9. The summed E-state index contributed by atoms with van der Waals surface area (Å²) in [5, 5.41) is 3.84. The molecule has 4 nitrogen and oxygen atoms in total. The number of carbonyl (C=O) groups is 1. The van der Waals surface area contributed by atoms with Crippen LogP contribution < -0.4 is 11.1 Å². The first kappa shape index (κ1) is 13.7. The number of hydrogen-bond donors (Lipinski definition) is 2. The molecule has 0 aliphatic carbocycles. The second-order valence-electron chi connectivity index (χ2n) is 4.36. The number of nitrogens with zero attached hydrogens (tertiary/aromatic N) is 1. The summed E-state index contributed by atoms with van der Waals surface area (Å²) in [7, 11) is 0. The van der Waals surface area contributed by atoms with Crippen LogP contribution in [-0.4, -0.2) is 16.9 Å². The molecule has 2 rings (SSSR count). The van der Waals surface area contributed by atoms with E-state index in [2.05, 4.69) is 10.3 Å². The van der Waals surface area contributed by atoms with Crippen molar-refractivity contribution in [2.45, 2.75) is 25.9 Å². The summed E-state index contributed by atoms with van der Waals surface area (Å²) in [6, 6.07) is 9.26. The summed E-state index contributed by atoms with van der Waals surface area (Å²) in [4.78, 5) is 17.1. The highest BCUT2D eigenvalue weighted by atomic mass is 32.1. The molecule has 0 bridgehead atoms. The first-order chi connectivity index (χ1) is 9.15. The Balaban J connectivity index is 1.82.